The number of nitrogens with one attached hydrogen (secondary N) is 1. The van der Waals surface area contributed by atoms with Crippen LogP contribution < -0.4 is 4.72 Å². The number of pyridine rings is 2. The van der Waals surface area contributed by atoms with Crippen molar-refractivity contribution in [3.63, 3.8) is 0 Å². The fraction of sp³-hybridized carbons (Fsp3) is 0. The van der Waals surface area contributed by atoms with Gasteiger partial charge in [-0.15, -0.1) is 0 Å². The maximum absolute atomic E-state index is 12.7. The van der Waals surface area contributed by atoms with Crippen molar-refractivity contribution in [1.82, 2.24) is 9.97 Å². The molecule has 0 saturated heterocycles. The standard InChI is InChI=1S/C10H6BrClFN3O2S/c11-6-3-8(10(12)15-4-6)19(17,18)16-9-2-1-7(13)5-14-9/h1-5H,(H,14,16). The van der Waals surface area contributed by atoms with Gasteiger partial charge in [0.05, 0.1) is 6.20 Å². The van der Waals surface area contributed by atoms with Gasteiger partial charge >= 0.3 is 0 Å². The molecule has 0 aliphatic rings. The summed E-state index contributed by atoms with van der Waals surface area (Å²) in [5.74, 6) is -0.581. The molecule has 0 bridgehead atoms. The van der Waals surface area contributed by atoms with Crippen LogP contribution in [0.15, 0.2) is 40.0 Å². The lowest BCUT2D eigenvalue weighted by molar-refractivity contribution is 0.600. The minimum atomic E-state index is -3.94. The number of sulfonamides is 1. The molecule has 0 aliphatic carbocycles. The lowest BCUT2D eigenvalue weighted by atomic mass is 10.5. The number of rotatable bonds is 3. The second-order valence-corrected chi connectivity index (χ2v) is 6.33. The Hall–Kier alpha value is -1.25. The number of hydrogen-bond donors (Lipinski definition) is 1. The number of halogens is 3. The lowest BCUT2D eigenvalue weighted by Crippen LogP contribution is -2.15. The summed E-state index contributed by atoms with van der Waals surface area (Å²) in [6, 6.07) is 3.60. The van der Waals surface area contributed by atoms with Crippen LogP contribution in [0.1, 0.15) is 0 Å². The normalized spacial score (nSPS) is 11.3. The van der Waals surface area contributed by atoms with Gasteiger partial charge in [0, 0.05) is 10.7 Å². The molecular formula is C10H6BrClFN3O2S. The Morgan fingerprint density at radius 3 is 2.63 bits per heavy atom. The maximum atomic E-state index is 12.7. The van der Waals surface area contributed by atoms with Crippen LogP contribution in [0.25, 0.3) is 0 Å². The van der Waals surface area contributed by atoms with E-state index >= 15 is 0 Å². The quantitative estimate of drug-likeness (QED) is 0.848. The smallest absolute Gasteiger partial charge is 0.263 e. The molecule has 2 aromatic rings. The first kappa shape index (κ1) is 14.2. The summed E-state index contributed by atoms with van der Waals surface area (Å²) < 4.78 is 39.5. The zero-order chi connectivity index (χ0) is 14.0. The average molecular weight is 367 g/mol. The van der Waals surface area contributed by atoms with E-state index in [2.05, 4.69) is 30.6 Å². The summed E-state index contributed by atoms with van der Waals surface area (Å²) in [4.78, 5) is 7.12. The minimum Gasteiger partial charge on any atom is -0.263 e. The van der Waals surface area contributed by atoms with E-state index in [1.807, 2.05) is 0 Å². The Balaban J connectivity index is 2.37. The molecule has 2 rings (SSSR count). The molecule has 0 aromatic carbocycles. The highest BCUT2D eigenvalue weighted by molar-refractivity contribution is 9.10. The van der Waals surface area contributed by atoms with Crippen molar-refractivity contribution < 1.29 is 12.8 Å². The van der Waals surface area contributed by atoms with Gasteiger partial charge in [0.1, 0.15) is 21.7 Å². The third kappa shape index (κ3) is 3.40. The fourth-order valence-corrected chi connectivity index (χ4v) is 3.17. The van der Waals surface area contributed by atoms with Crippen molar-refractivity contribution in [2.75, 3.05) is 4.72 Å². The number of aromatic nitrogens is 2. The molecule has 0 aliphatic heterocycles. The highest BCUT2D eigenvalue weighted by Crippen LogP contribution is 2.24. The van der Waals surface area contributed by atoms with Gasteiger partial charge in [0.25, 0.3) is 10.0 Å². The second kappa shape index (κ2) is 5.40. The Bertz CT molecular complexity index is 709. The van der Waals surface area contributed by atoms with E-state index in [-0.39, 0.29) is 15.9 Å². The summed E-state index contributed by atoms with van der Waals surface area (Å²) in [7, 11) is -3.94. The van der Waals surface area contributed by atoms with Crippen molar-refractivity contribution in [2.24, 2.45) is 0 Å². The van der Waals surface area contributed by atoms with Gasteiger partial charge < -0.3 is 0 Å². The molecule has 9 heteroatoms. The molecule has 2 heterocycles. The van der Waals surface area contributed by atoms with Crippen molar-refractivity contribution in [1.29, 1.82) is 0 Å². The van der Waals surface area contributed by atoms with Crippen LogP contribution in [0.5, 0.6) is 0 Å². The minimum absolute atomic E-state index is 0.0163. The Kier molecular flexibility index (Phi) is 4.02. The van der Waals surface area contributed by atoms with Crippen molar-refractivity contribution in [3.05, 3.63) is 46.0 Å². The van der Waals surface area contributed by atoms with E-state index in [1.165, 1.54) is 18.3 Å². The Morgan fingerprint density at radius 2 is 2.00 bits per heavy atom. The van der Waals surface area contributed by atoms with Gasteiger partial charge in [-0.1, -0.05) is 11.6 Å². The molecule has 0 amide bonds. The highest BCUT2D eigenvalue weighted by atomic mass is 79.9. The molecule has 100 valence electrons. The molecule has 0 radical (unpaired) electrons. The molecule has 0 saturated carbocycles. The summed E-state index contributed by atoms with van der Waals surface area (Å²) >= 11 is 8.85. The number of hydrogen-bond acceptors (Lipinski definition) is 4. The topological polar surface area (TPSA) is 72.0 Å². The first-order valence-corrected chi connectivity index (χ1v) is 7.49. The molecule has 0 spiro atoms. The van der Waals surface area contributed by atoms with E-state index in [0.29, 0.717) is 4.47 Å². The van der Waals surface area contributed by atoms with E-state index in [1.54, 1.807) is 0 Å². The Labute approximate surface area is 122 Å². The zero-order valence-corrected chi connectivity index (χ0v) is 12.3. The predicted molar refractivity (Wildman–Crippen MR) is 72.0 cm³/mol. The first-order chi connectivity index (χ1) is 8.88. The van der Waals surface area contributed by atoms with Crippen LogP contribution in [-0.4, -0.2) is 18.4 Å². The zero-order valence-electron chi connectivity index (χ0n) is 9.14. The van der Waals surface area contributed by atoms with Crippen molar-refractivity contribution in [3.8, 4) is 0 Å². The first-order valence-electron chi connectivity index (χ1n) is 4.84. The molecule has 2 aromatic heterocycles. The van der Waals surface area contributed by atoms with Crippen molar-refractivity contribution in [2.45, 2.75) is 4.90 Å². The van der Waals surface area contributed by atoms with Crippen LogP contribution >= 0.6 is 27.5 Å². The largest absolute Gasteiger partial charge is 0.266 e. The monoisotopic (exact) mass is 365 g/mol. The summed E-state index contributed by atoms with van der Waals surface area (Å²) in [5, 5.41) is -0.169. The molecule has 0 atom stereocenters. The summed E-state index contributed by atoms with van der Waals surface area (Å²) in [5.41, 5.74) is 0. The summed E-state index contributed by atoms with van der Waals surface area (Å²) in [6.07, 6.45) is 2.27. The molecule has 0 unspecified atom stereocenters. The maximum Gasteiger partial charge on any atom is 0.266 e. The number of anilines is 1. The molecule has 19 heavy (non-hydrogen) atoms. The van der Waals surface area contributed by atoms with Gasteiger partial charge in [0.15, 0.2) is 0 Å². The van der Waals surface area contributed by atoms with Gasteiger partial charge in [-0.3, -0.25) is 4.72 Å². The van der Waals surface area contributed by atoms with E-state index in [9.17, 15) is 12.8 Å². The third-order valence-electron chi connectivity index (χ3n) is 2.03. The molecule has 1 N–H and O–H groups in total. The van der Waals surface area contributed by atoms with Gasteiger partial charge in [-0.25, -0.2) is 22.8 Å². The van der Waals surface area contributed by atoms with E-state index < -0.39 is 15.8 Å². The fourth-order valence-electron chi connectivity index (χ4n) is 1.22. The van der Waals surface area contributed by atoms with Crippen LogP contribution in [0.3, 0.4) is 0 Å². The average Bonchev–Trinajstić information content (AvgIpc) is 2.35. The SMILES string of the molecule is O=S(=O)(Nc1ccc(F)cn1)c1cc(Br)cnc1Cl. The van der Waals surface area contributed by atoms with Gasteiger partial charge in [0.2, 0.25) is 0 Å². The van der Waals surface area contributed by atoms with Crippen LogP contribution in [0.2, 0.25) is 5.15 Å². The van der Waals surface area contributed by atoms with Crippen LogP contribution in [-0.2, 0) is 10.0 Å². The van der Waals surface area contributed by atoms with Crippen LogP contribution in [0, 0.1) is 5.82 Å². The van der Waals surface area contributed by atoms with Gasteiger partial charge in [-0.05, 0) is 34.1 Å². The van der Waals surface area contributed by atoms with Crippen LogP contribution in [0.4, 0.5) is 10.2 Å². The summed E-state index contributed by atoms with van der Waals surface area (Å²) in [6.45, 7) is 0. The second-order valence-electron chi connectivity index (χ2n) is 3.41. The van der Waals surface area contributed by atoms with E-state index in [4.69, 9.17) is 11.6 Å². The molecule has 0 fully saturated rings. The predicted octanol–water partition coefficient (Wildman–Crippen LogP) is 2.83. The number of nitrogens with zero attached hydrogens (tertiary/aromatic N) is 2. The highest BCUT2D eigenvalue weighted by Gasteiger charge is 2.20. The van der Waals surface area contributed by atoms with Gasteiger partial charge in [-0.2, -0.15) is 0 Å². The van der Waals surface area contributed by atoms with E-state index in [0.717, 1.165) is 12.3 Å². The Morgan fingerprint density at radius 1 is 1.26 bits per heavy atom. The molecular weight excluding hydrogens is 361 g/mol. The van der Waals surface area contributed by atoms with Crippen molar-refractivity contribution >= 4 is 43.4 Å². The molecule has 5 nitrogen and oxygen atoms in total. The third-order valence-corrected chi connectivity index (χ3v) is 4.24. The lowest BCUT2D eigenvalue weighted by Gasteiger charge is -2.08.